The Hall–Kier alpha value is -5.51. The first-order chi connectivity index (χ1) is 32.4. The predicted octanol–water partition coefficient (Wildman–Crippen LogP) is 6.48. The monoisotopic (exact) mass is 949 g/mol. The van der Waals surface area contributed by atoms with Gasteiger partial charge in [-0.25, -0.2) is 4.79 Å². The van der Waals surface area contributed by atoms with Gasteiger partial charge in [-0.15, -0.1) is 0 Å². The molecule has 0 radical (unpaired) electrons. The molecule has 0 spiro atoms. The number of hydrogen-bond acceptors (Lipinski definition) is 10. The van der Waals surface area contributed by atoms with E-state index in [-0.39, 0.29) is 50.3 Å². The van der Waals surface area contributed by atoms with Crippen LogP contribution in [0.3, 0.4) is 0 Å². The molecule has 378 valence electrons. The number of carbonyl (C=O) groups excluding carboxylic acids is 7. The Labute approximate surface area is 404 Å². The highest BCUT2D eigenvalue weighted by Crippen LogP contribution is 2.28. The fourth-order valence-corrected chi connectivity index (χ4v) is 8.33. The van der Waals surface area contributed by atoms with Crippen molar-refractivity contribution in [1.29, 1.82) is 0 Å². The zero-order valence-electron chi connectivity index (χ0n) is 41.6. The summed E-state index contributed by atoms with van der Waals surface area (Å²) >= 11 is 0. The molecule has 6 atom stereocenters. The molecule has 0 unspecified atom stereocenters. The number of carbonyl (C=O) groups is 7. The normalized spacial score (nSPS) is 15.5. The first kappa shape index (κ1) is 56.8. The van der Waals surface area contributed by atoms with E-state index >= 15 is 0 Å². The highest BCUT2D eigenvalue weighted by molar-refractivity contribution is 5.94. The molecule has 1 saturated carbocycles. The molecule has 0 bridgehead atoms. The third-order valence-corrected chi connectivity index (χ3v) is 12.4. The lowest BCUT2D eigenvalue weighted by atomic mass is 9.83. The minimum absolute atomic E-state index is 0.000228. The lowest BCUT2D eigenvalue weighted by molar-refractivity contribution is -0.157. The van der Waals surface area contributed by atoms with Crippen molar-refractivity contribution in [3.05, 3.63) is 71.8 Å². The van der Waals surface area contributed by atoms with Crippen LogP contribution in [0.4, 0.5) is 4.79 Å². The maximum Gasteiger partial charge on any atom is 0.407 e. The van der Waals surface area contributed by atoms with Gasteiger partial charge in [-0.05, 0) is 67.9 Å². The number of nitrogens with zero attached hydrogens (tertiary/aromatic N) is 1. The Kier molecular flexibility index (Phi) is 25.7. The van der Waals surface area contributed by atoms with Crippen LogP contribution in [0.5, 0.6) is 0 Å². The van der Waals surface area contributed by atoms with Crippen LogP contribution in [-0.4, -0.2) is 97.0 Å². The second-order valence-corrected chi connectivity index (χ2v) is 19.2. The molecule has 6 N–H and O–H groups in total. The van der Waals surface area contributed by atoms with E-state index in [1.807, 2.05) is 62.4 Å². The summed E-state index contributed by atoms with van der Waals surface area (Å²) in [6.07, 6.45) is 7.35. The van der Waals surface area contributed by atoms with Crippen LogP contribution >= 0.6 is 0 Å². The lowest BCUT2D eigenvalue weighted by Gasteiger charge is -2.36. The van der Waals surface area contributed by atoms with Crippen molar-refractivity contribution in [2.24, 2.45) is 29.4 Å². The molecule has 1 aliphatic carbocycles. The summed E-state index contributed by atoms with van der Waals surface area (Å²) in [7, 11) is 1.54. The molecule has 16 heteroatoms. The average Bonchev–Trinajstić information content (AvgIpc) is 3.32. The zero-order chi connectivity index (χ0) is 50.0. The number of alkyl carbamates (subject to hydrolysis) is 1. The van der Waals surface area contributed by atoms with Gasteiger partial charge in [0.05, 0.1) is 31.6 Å². The van der Waals surface area contributed by atoms with E-state index in [1.165, 1.54) is 4.90 Å². The van der Waals surface area contributed by atoms with E-state index in [2.05, 4.69) is 35.1 Å². The zero-order valence-corrected chi connectivity index (χ0v) is 41.6. The predicted molar refractivity (Wildman–Crippen MR) is 260 cm³/mol. The molecule has 2 aromatic carbocycles. The number of primary amides is 1. The van der Waals surface area contributed by atoms with Crippen LogP contribution in [0.1, 0.15) is 136 Å². The maximum absolute atomic E-state index is 14.5. The fraction of sp³-hybridized carbons (Fsp3) is 0.635. The van der Waals surface area contributed by atoms with Gasteiger partial charge in [-0.2, -0.15) is 0 Å². The van der Waals surface area contributed by atoms with Crippen molar-refractivity contribution in [2.45, 2.75) is 169 Å². The van der Waals surface area contributed by atoms with Crippen LogP contribution in [0.15, 0.2) is 60.7 Å². The van der Waals surface area contributed by atoms with E-state index in [0.29, 0.717) is 38.2 Å². The first-order valence-corrected chi connectivity index (χ1v) is 24.7. The van der Waals surface area contributed by atoms with Crippen molar-refractivity contribution in [1.82, 2.24) is 26.2 Å². The van der Waals surface area contributed by atoms with Crippen molar-refractivity contribution >= 4 is 41.6 Å². The molecule has 16 nitrogen and oxygen atoms in total. The number of ether oxygens (including phenoxy) is 3. The summed E-state index contributed by atoms with van der Waals surface area (Å²) in [5.41, 5.74) is 7.42. The Morgan fingerprint density at radius 3 is 1.91 bits per heavy atom. The third kappa shape index (κ3) is 21.6. The van der Waals surface area contributed by atoms with Gasteiger partial charge in [0.1, 0.15) is 37.4 Å². The number of esters is 1. The number of likely N-dealkylation sites (N-methyl/N-ethyl adjacent to an activating group) is 1. The topological polar surface area (TPSA) is 225 Å². The van der Waals surface area contributed by atoms with Gasteiger partial charge in [0.25, 0.3) is 0 Å². The van der Waals surface area contributed by atoms with Crippen molar-refractivity contribution in [3.63, 3.8) is 0 Å². The second kappa shape index (κ2) is 30.8. The minimum atomic E-state index is -1.31. The largest absolute Gasteiger partial charge is 0.460 e. The summed E-state index contributed by atoms with van der Waals surface area (Å²) in [6.45, 7) is 11.3. The standard InChI is InChI=1S/C52H80N6O10/c1-35(2)21-13-8-9-20-28-44(68-46(60)32-54-45(59)30-37(5)66-33-39-22-14-10-15-23-39)38(6)51(64)58(7)43(29-36(3)4)49(62)57-47(41-26-18-12-19-27-41)50(63)56-42(48(53)61)31-55-52(65)67-34-40-24-16-11-17-25-40/h10-11,14-17,22-25,35-38,41-44,47H,8-9,12-13,18-21,26-34H2,1-7H3,(H2,53,61)(H,54,59)(H,55,65)(H,56,63)(H,57,62)/t37-,38+,42-,43-,44+,47-/m0/s1. The summed E-state index contributed by atoms with van der Waals surface area (Å²) < 4.78 is 17.0. The minimum Gasteiger partial charge on any atom is -0.460 e. The molecule has 0 heterocycles. The van der Waals surface area contributed by atoms with Crippen LogP contribution in [0, 0.1) is 23.7 Å². The van der Waals surface area contributed by atoms with Crippen molar-refractivity contribution < 1.29 is 47.8 Å². The molecule has 6 amide bonds. The van der Waals surface area contributed by atoms with E-state index in [9.17, 15) is 33.6 Å². The molecule has 1 aliphatic rings. The number of nitrogens with two attached hydrogens (primary N) is 1. The number of unbranched alkanes of at least 4 members (excludes halogenated alkanes) is 3. The van der Waals surface area contributed by atoms with Gasteiger partial charge >= 0.3 is 12.1 Å². The Balaban J connectivity index is 1.71. The highest BCUT2D eigenvalue weighted by atomic mass is 16.6. The molecule has 0 saturated heterocycles. The number of rotatable bonds is 30. The van der Waals surface area contributed by atoms with E-state index in [1.54, 1.807) is 33.0 Å². The quantitative estimate of drug-likeness (QED) is 0.0424. The second-order valence-electron chi connectivity index (χ2n) is 19.2. The third-order valence-electron chi connectivity index (χ3n) is 12.4. The Morgan fingerprint density at radius 2 is 1.32 bits per heavy atom. The van der Waals surface area contributed by atoms with Gasteiger partial charge in [0, 0.05) is 7.05 Å². The number of nitrogens with one attached hydrogen (secondary N) is 4. The van der Waals surface area contributed by atoms with Gasteiger partial charge in [0.15, 0.2) is 0 Å². The first-order valence-electron chi connectivity index (χ1n) is 24.7. The van der Waals surface area contributed by atoms with Gasteiger partial charge in [-0.3, -0.25) is 28.8 Å². The van der Waals surface area contributed by atoms with E-state index in [4.69, 9.17) is 19.9 Å². The fourth-order valence-electron chi connectivity index (χ4n) is 8.33. The van der Waals surface area contributed by atoms with Crippen LogP contribution in [0.2, 0.25) is 0 Å². The summed E-state index contributed by atoms with van der Waals surface area (Å²) in [6, 6.07) is 15.3. The summed E-state index contributed by atoms with van der Waals surface area (Å²) in [5, 5.41) is 10.7. The van der Waals surface area contributed by atoms with E-state index in [0.717, 1.165) is 56.1 Å². The molecular weight excluding hydrogens is 869 g/mol. The number of amides is 6. The maximum atomic E-state index is 14.5. The van der Waals surface area contributed by atoms with Gasteiger partial charge in [0.2, 0.25) is 29.5 Å². The number of hydrogen-bond donors (Lipinski definition) is 5. The SMILES string of the molecule is CC(C)CCCCCC[C@@H](OC(=O)CNC(=O)C[C@H](C)OCc1ccccc1)[C@@H](C)C(=O)N(C)[C@@H](CC(C)C)C(=O)N[C@H](C(=O)N[C@@H](CNC(=O)OCc1ccccc1)C(N)=O)C1CCCCC1. The molecule has 1 fully saturated rings. The molecule has 2 aromatic rings. The smallest absolute Gasteiger partial charge is 0.407 e. The summed E-state index contributed by atoms with van der Waals surface area (Å²) in [4.78, 5) is 95.5. The van der Waals surface area contributed by atoms with E-state index < -0.39 is 71.9 Å². The lowest BCUT2D eigenvalue weighted by Crippen LogP contribution is -2.60. The van der Waals surface area contributed by atoms with Crippen LogP contribution < -0.4 is 27.0 Å². The van der Waals surface area contributed by atoms with Crippen LogP contribution in [-0.2, 0) is 56.2 Å². The Morgan fingerprint density at radius 1 is 0.721 bits per heavy atom. The molecular formula is C52H80N6O10. The Bertz CT molecular complexity index is 1860. The molecule has 68 heavy (non-hydrogen) atoms. The van der Waals surface area contributed by atoms with Crippen molar-refractivity contribution in [3.8, 4) is 0 Å². The van der Waals surface area contributed by atoms with Crippen molar-refractivity contribution in [2.75, 3.05) is 20.1 Å². The van der Waals surface area contributed by atoms with Gasteiger partial charge in [-0.1, -0.05) is 140 Å². The van der Waals surface area contributed by atoms with Gasteiger partial charge < -0.3 is 46.1 Å². The molecule has 3 rings (SSSR count). The molecule has 0 aliphatic heterocycles. The summed E-state index contributed by atoms with van der Waals surface area (Å²) in [5.74, 6) is -4.13. The highest BCUT2D eigenvalue weighted by Gasteiger charge is 2.39. The molecule has 0 aromatic heterocycles. The number of benzene rings is 2. The average molecular weight is 949 g/mol. The van der Waals surface area contributed by atoms with Crippen LogP contribution in [0.25, 0.3) is 0 Å².